The monoisotopic (exact) mass is 315 g/mol. The van der Waals surface area contributed by atoms with E-state index in [9.17, 15) is 14.9 Å². The lowest BCUT2D eigenvalue weighted by atomic mass is 10.2. The first kappa shape index (κ1) is 16.3. The summed E-state index contributed by atoms with van der Waals surface area (Å²) in [7, 11) is 0. The van der Waals surface area contributed by atoms with Crippen LogP contribution >= 0.6 is 0 Å². The van der Waals surface area contributed by atoms with Crippen molar-refractivity contribution in [1.29, 1.82) is 0 Å². The standard InChI is InChI=1S/C16H17N3O4/c1-10-3-5-12(6-4-10)23-13-7-8-15(19(21)22)14(9-13)18-11(2)16(17)20/h3-9,11,18H,1-2H3,(H2,17,20). The van der Waals surface area contributed by atoms with Crippen molar-refractivity contribution in [2.24, 2.45) is 5.73 Å². The predicted octanol–water partition coefficient (Wildman–Crippen LogP) is 2.98. The molecule has 0 saturated carbocycles. The van der Waals surface area contributed by atoms with Gasteiger partial charge < -0.3 is 15.8 Å². The Morgan fingerprint density at radius 1 is 1.22 bits per heavy atom. The van der Waals surface area contributed by atoms with Crippen LogP contribution in [0, 0.1) is 17.0 Å². The fourth-order valence-corrected chi connectivity index (χ4v) is 1.90. The number of carbonyl (C=O) groups excluding carboxylic acids is 1. The average molecular weight is 315 g/mol. The molecule has 7 heteroatoms. The normalized spacial score (nSPS) is 11.6. The zero-order chi connectivity index (χ0) is 17.0. The molecule has 3 N–H and O–H groups in total. The molecule has 2 rings (SSSR count). The summed E-state index contributed by atoms with van der Waals surface area (Å²) in [5.41, 5.74) is 6.29. The molecule has 0 aliphatic carbocycles. The molecule has 120 valence electrons. The molecule has 0 aromatic heterocycles. The maximum atomic E-state index is 11.2. The van der Waals surface area contributed by atoms with Gasteiger partial charge in [0, 0.05) is 12.1 Å². The minimum Gasteiger partial charge on any atom is -0.457 e. The van der Waals surface area contributed by atoms with Crippen LogP contribution in [-0.4, -0.2) is 16.9 Å². The SMILES string of the molecule is Cc1ccc(Oc2ccc([N+](=O)[O-])c(NC(C)C(N)=O)c2)cc1. The molecule has 0 radical (unpaired) electrons. The number of nitro benzene ring substituents is 1. The molecular weight excluding hydrogens is 298 g/mol. The number of rotatable bonds is 6. The number of nitrogens with one attached hydrogen (secondary N) is 1. The molecule has 1 unspecified atom stereocenters. The summed E-state index contributed by atoms with van der Waals surface area (Å²) in [6.45, 7) is 3.49. The Kier molecular flexibility index (Phi) is 4.80. The minimum absolute atomic E-state index is 0.158. The van der Waals surface area contributed by atoms with Gasteiger partial charge in [0.15, 0.2) is 0 Å². The maximum absolute atomic E-state index is 11.2. The van der Waals surface area contributed by atoms with E-state index in [1.54, 1.807) is 12.1 Å². The van der Waals surface area contributed by atoms with Crippen molar-refractivity contribution in [3.8, 4) is 11.5 Å². The van der Waals surface area contributed by atoms with E-state index in [1.807, 2.05) is 19.1 Å². The van der Waals surface area contributed by atoms with E-state index in [-0.39, 0.29) is 11.4 Å². The fraction of sp³-hybridized carbons (Fsp3) is 0.188. The second-order valence-corrected chi connectivity index (χ2v) is 5.12. The van der Waals surface area contributed by atoms with Crippen molar-refractivity contribution < 1.29 is 14.5 Å². The van der Waals surface area contributed by atoms with Crippen LogP contribution < -0.4 is 15.8 Å². The van der Waals surface area contributed by atoms with Crippen LogP contribution in [0.25, 0.3) is 0 Å². The highest BCUT2D eigenvalue weighted by molar-refractivity contribution is 5.83. The highest BCUT2D eigenvalue weighted by Crippen LogP contribution is 2.31. The molecule has 0 fully saturated rings. The Labute approximate surface area is 133 Å². The molecule has 2 aromatic rings. The molecule has 0 heterocycles. The fourth-order valence-electron chi connectivity index (χ4n) is 1.90. The predicted molar refractivity (Wildman–Crippen MR) is 86.6 cm³/mol. The lowest BCUT2D eigenvalue weighted by Crippen LogP contribution is -2.32. The Morgan fingerprint density at radius 3 is 2.39 bits per heavy atom. The molecule has 0 aliphatic heterocycles. The molecule has 2 aromatic carbocycles. The Morgan fingerprint density at radius 2 is 1.83 bits per heavy atom. The lowest BCUT2D eigenvalue weighted by molar-refractivity contribution is -0.384. The molecule has 0 aliphatic rings. The van der Waals surface area contributed by atoms with Gasteiger partial charge in [0.05, 0.1) is 4.92 Å². The van der Waals surface area contributed by atoms with Crippen LogP contribution in [0.1, 0.15) is 12.5 Å². The Balaban J connectivity index is 2.29. The molecule has 0 spiro atoms. The summed E-state index contributed by atoms with van der Waals surface area (Å²) in [5.74, 6) is 0.418. The number of benzene rings is 2. The van der Waals surface area contributed by atoms with E-state index in [0.717, 1.165) is 5.56 Å². The van der Waals surface area contributed by atoms with Gasteiger partial charge in [0.25, 0.3) is 5.69 Å². The summed E-state index contributed by atoms with van der Waals surface area (Å²) in [6, 6.07) is 10.9. The number of nitrogens with two attached hydrogens (primary N) is 1. The smallest absolute Gasteiger partial charge is 0.292 e. The summed E-state index contributed by atoms with van der Waals surface area (Å²) >= 11 is 0. The number of hydrogen-bond acceptors (Lipinski definition) is 5. The van der Waals surface area contributed by atoms with Gasteiger partial charge in [-0.05, 0) is 32.0 Å². The first-order chi connectivity index (χ1) is 10.9. The van der Waals surface area contributed by atoms with Crippen molar-refractivity contribution in [2.45, 2.75) is 19.9 Å². The van der Waals surface area contributed by atoms with Gasteiger partial charge in [-0.25, -0.2) is 0 Å². The number of nitrogens with zero attached hydrogens (tertiary/aromatic N) is 1. The zero-order valence-corrected chi connectivity index (χ0v) is 12.8. The van der Waals surface area contributed by atoms with E-state index >= 15 is 0 Å². The number of ether oxygens (including phenoxy) is 1. The first-order valence-electron chi connectivity index (χ1n) is 6.95. The molecule has 0 saturated heterocycles. The number of hydrogen-bond donors (Lipinski definition) is 2. The van der Waals surface area contributed by atoms with Gasteiger partial charge >= 0.3 is 0 Å². The van der Waals surface area contributed by atoms with Gasteiger partial charge in [-0.2, -0.15) is 0 Å². The van der Waals surface area contributed by atoms with Crippen molar-refractivity contribution in [2.75, 3.05) is 5.32 Å². The molecule has 7 nitrogen and oxygen atoms in total. The highest BCUT2D eigenvalue weighted by atomic mass is 16.6. The number of carbonyl (C=O) groups is 1. The summed E-state index contributed by atoms with van der Waals surface area (Å²) in [6.07, 6.45) is 0. The van der Waals surface area contributed by atoms with E-state index < -0.39 is 16.9 Å². The quantitative estimate of drug-likeness (QED) is 0.629. The van der Waals surface area contributed by atoms with Gasteiger partial charge in [-0.1, -0.05) is 17.7 Å². The number of aryl methyl sites for hydroxylation is 1. The van der Waals surface area contributed by atoms with E-state index in [0.29, 0.717) is 11.5 Å². The molecule has 1 amide bonds. The van der Waals surface area contributed by atoms with Crippen LogP contribution in [-0.2, 0) is 4.79 Å². The summed E-state index contributed by atoms with van der Waals surface area (Å²) in [4.78, 5) is 21.7. The third kappa shape index (κ3) is 4.19. The van der Waals surface area contributed by atoms with Crippen LogP contribution in [0.4, 0.5) is 11.4 Å². The van der Waals surface area contributed by atoms with E-state index in [2.05, 4.69) is 5.32 Å². The first-order valence-corrected chi connectivity index (χ1v) is 6.95. The Hall–Kier alpha value is -3.09. The summed E-state index contributed by atoms with van der Waals surface area (Å²) < 4.78 is 5.67. The number of amides is 1. The van der Waals surface area contributed by atoms with Crippen LogP contribution in [0.3, 0.4) is 0 Å². The minimum atomic E-state index is -0.747. The van der Waals surface area contributed by atoms with Gasteiger partial charge in [-0.15, -0.1) is 0 Å². The second-order valence-electron chi connectivity index (χ2n) is 5.12. The van der Waals surface area contributed by atoms with Gasteiger partial charge in [-0.3, -0.25) is 14.9 Å². The van der Waals surface area contributed by atoms with Crippen LogP contribution in [0.2, 0.25) is 0 Å². The van der Waals surface area contributed by atoms with Crippen molar-refractivity contribution >= 4 is 17.3 Å². The topological polar surface area (TPSA) is 107 Å². The van der Waals surface area contributed by atoms with Gasteiger partial charge in [0.2, 0.25) is 5.91 Å². The average Bonchev–Trinajstić information content (AvgIpc) is 2.49. The highest BCUT2D eigenvalue weighted by Gasteiger charge is 2.18. The van der Waals surface area contributed by atoms with Crippen molar-refractivity contribution in [1.82, 2.24) is 0 Å². The van der Waals surface area contributed by atoms with E-state index in [4.69, 9.17) is 10.5 Å². The number of anilines is 1. The Bertz CT molecular complexity index is 729. The van der Waals surface area contributed by atoms with E-state index in [1.165, 1.54) is 25.1 Å². The second kappa shape index (κ2) is 6.78. The third-order valence-electron chi connectivity index (χ3n) is 3.22. The lowest BCUT2D eigenvalue weighted by Gasteiger charge is -2.13. The van der Waals surface area contributed by atoms with Gasteiger partial charge in [0.1, 0.15) is 23.2 Å². The van der Waals surface area contributed by atoms with Crippen molar-refractivity contribution in [3.05, 3.63) is 58.1 Å². The summed E-state index contributed by atoms with van der Waals surface area (Å²) in [5, 5.41) is 13.8. The largest absolute Gasteiger partial charge is 0.457 e. The molecular formula is C16H17N3O4. The maximum Gasteiger partial charge on any atom is 0.292 e. The van der Waals surface area contributed by atoms with Crippen LogP contribution in [0.5, 0.6) is 11.5 Å². The zero-order valence-electron chi connectivity index (χ0n) is 12.8. The molecule has 1 atom stereocenters. The molecule has 0 bridgehead atoms. The van der Waals surface area contributed by atoms with Crippen LogP contribution in [0.15, 0.2) is 42.5 Å². The third-order valence-corrected chi connectivity index (χ3v) is 3.22. The number of primary amides is 1. The molecule has 23 heavy (non-hydrogen) atoms. The number of nitro groups is 1. The van der Waals surface area contributed by atoms with Crippen molar-refractivity contribution in [3.63, 3.8) is 0 Å².